The van der Waals surface area contributed by atoms with Crippen LogP contribution in [0.2, 0.25) is 0 Å². The Morgan fingerprint density at radius 3 is 0.769 bits per heavy atom. The lowest BCUT2D eigenvalue weighted by atomic mass is 9.90. The molecule has 0 bridgehead atoms. The van der Waals surface area contributed by atoms with Crippen molar-refractivity contribution in [3.63, 3.8) is 0 Å². The van der Waals surface area contributed by atoms with Gasteiger partial charge in [0.05, 0.1) is 0 Å². The lowest BCUT2D eigenvalue weighted by molar-refractivity contribution is -0.455. The van der Waals surface area contributed by atoms with Gasteiger partial charge in [-0.2, -0.15) is 65.9 Å². The number of thiol groups is 1. The fourth-order valence-electron chi connectivity index (χ4n) is 1.25. The monoisotopic (exact) mass is 448 g/mol. The third-order valence-electron chi connectivity index (χ3n) is 2.90. The first-order valence-electron chi connectivity index (χ1n) is 5.50. The molecule has 26 heavy (non-hydrogen) atoms. The van der Waals surface area contributed by atoms with E-state index in [9.17, 15) is 70.2 Å². The first kappa shape index (κ1) is 25.2. The molecule has 0 aliphatic heterocycles. The Labute approximate surface area is 137 Å². The van der Waals surface area contributed by atoms with Crippen LogP contribution in [0.4, 0.5) is 70.2 Å². The van der Waals surface area contributed by atoms with Gasteiger partial charge in [-0.3, -0.25) is 0 Å². The molecule has 0 saturated heterocycles. The minimum Gasteiger partial charge on any atom is -0.226 e. The Bertz CT molecular complexity index is 475. The standard InChI is InChI=1S/C9H4F16S/c1-2(10,26)3(11,12)4(13,14)5(15,16)6(17,18)7(19,20)8(21,22)9(23,24)25/h26H,1H3. The maximum atomic E-state index is 13.1. The molecule has 0 aromatic heterocycles. The van der Waals surface area contributed by atoms with Crippen LogP contribution in [0.3, 0.4) is 0 Å². The molecule has 0 nitrogen and oxygen atoms in total. The molecule has 0 aliphatic carbocycles. The predicted molar refractivity (Wildman–Crippen MR) is 54.2 cm³/mol. The summed E-state index contributed by atoms with van der Waals surface area (Å²) in [6.45, 7) is -0.722. The zero-order chi connectivity index (χ0) is 22.0. The second-order valence-corrected chi connectivity index (χ2v) is 5.74. The van der Waals surface area contributed by atoms with Crippen molar-refractivity contribution in [3.8, 4) is 0 Å². The van der Waals surface area contributed by atoms with E-state index in [-0.39, 0.29) is 0 Å². The maximum Gasteiger partial charge on any atom is 0.460 e. The lowest BCUT2D eigenvalue weighted by Gasteiger charge is -2.43. The molecule has 0 aromatic rings. The Hall–Kier alpha value is -0.770. The first-order chi connectivity index (χ1) is 10.8. The summed E-state index contributed by atoms with van der Waals surface area (Å²) in [6.07, 6.45) is -7.67. The molecule has 1 unspecified atom stereocenters. The summed E-state index contributed by atoms with van der Waals surface area (Å²) in [5.74, 6) is -48.0. The van der Waals surface area contributed by atoms with E-state index in [1.165, 1.54) is 0 Å². The highest BCUT2D eigenvalue weighted by molar-refractivity contribution is 7.81. The van der Waals surface area contributed by atoms with E-state index in [1.54, 1.807) is 0 Å². The zero-order valence-electron chi connectivity index (χ0n) is 11.5. The van der Waals surface area contributed by atoms with Gasteiger partial charge >= 0.3 is 41.7 Å². The highest BCUT2D eigenvalue weighted by Gasteiger charge is 2.94. The maximum absolute atomic E-state index is 13.1. The van der Waals surface area contributed by atoms with E-state index in [1.807, 2.05) is 12.6 Å². The SMILES string of the molecule is CC(F)(S)C(F)(F)C(F)(F)C(F)(F)C(F)(F)C(F)(F)C(F)(F)C(F)(F)F. The number of hydrogen-bond acceptors (Lipinski definition) is 1. The Morgan fingerprint density at radius 2 is 0.577 bits per heavy atom. The van der Waals surface area contributed by atoms with Crippen molar-refractivity contribution in [3.05, 3.63) is 0 Å². The fraction of sp³-hybridized carbons (Fsp3) is 1.00. The van der Waals surface area contributed by atoms with Gasteiger partial charge in [0, 0.05) is 0 Å². The van der Waals surface area contributed by atoms with Crippen molar-refractivity contribution in [1.29, 1.82) is 0 Å². The largest absolute Gasteiger partial charge is 0.460 e. The number of halogens is 16. The number of rotatable bonds is 6. The smallest absolute Gasteiger partial charge is 0.226 e. The summed E-state index contributed by atoms with van der Waals surface area (Å²) in [7, 11) is 0. The second kappa shape index (κ2) is 5.86. The van der Waals surface area contributed by atoms with Gasteiger partial charge in [-0.1, -0.05) is 0 Å². The van der Waals surface area contributed by atoms with E-state index in [4.69, 9.17) is 0 Å². The molecule has 0 N–H and O–H groups in total. The van der Waals surface area contributed by atoms with Gasteiger partial charge in [0.25, 0.3) is 0 Å². The van der Waals surface area contributed by atoms with Gasteiger partial charge in [-0.25, -0.2) is 4.39 Å². The third-order valence-corrected chi connectivity index (χ3v) is 3.18. The zero-order valence-corrected chi connectivity index (χ0v) is 12.4. The van der Waals surface area contributed by atoms with E-state index in [2.05, 4.69) is 0 Å². The van der Waals surface area contributed by atoms with Crippen molar-refractivity contribution in [2.75, 3.05) is 0 Å². The van der Waals surface area contributed by atoms with Gasteiger partial charge in [0.15, 0.2) is 0 Å². The molecule has 0 rings (SSSR count). The van der Waals surface area contributed by atoms with Gasteiger partial charge in [-0.15, -0.1) is 12.6 Å². The molecule has 0 saturated carbocycles. The van der Waals surface area contributed by atoms with Crippen LogP contribution in [-0.4, -0.2) is 46.7 Å². The van der Waals surface area contributed by atoms with Crippen LogP contribution in [0, 0.1) is 0 Å². The summed E-state index contributed by atoms with van der Waals surface area (Å²) in [4.78, 5) is 0. The number of hydrogen-bond donors (Lipinski definition) is 1. The summed E-state index contributed by atoms with van der Waals surface area (Å²) >= 11 is 2.04. The van der Waals surface area contributed by atoms with E-state index in [0.717, 1.165) is 0 Å². The topological polar surface area (TPSA) is 0 Å². The van der Waals surface area contributed by atoms with Gasteiger partial charge < -0.3 is 0 Å². The molecule has 0 radical (unpaired) electrons. The summed E-state index contributed by atoms with van der Waals surface area (Å²) in [5.41, 5.74) is 0. The fourth-order valence-corrected chi connectivity index (χ4v) is 1.39. The van der Waals surface area contributed by atoms with E-state index in [0.29, 0.717) is 0 Å². The third kappa shape index (κ3) is 2.96. The second-order valence-electron chi connectivity index (χ2n) is 4.90. The molecule has 0 heterocycles. The normalized spacial score (nSPS) is 18.7. The van der Waals surface area contributed by atoms with Crippen molar-refractivity contribution < 1.29 is 70.2 Å². The van der Waals surface area contributed by atoms with Gasteiger partial charge in [0.2, 0.25) is 5.00 Å². The molecule has 17 heteroatoms. The molecule has 0 aliphatic rings. The van der Waals surface area contributed by atoms with Crippen molar-refractivity contribution >= 4 is 12.6 Å². The lowest BCUT2D eigenvalue weighted by Crippen LogP contribution is -2.74. The summed E-state index contributed by atoms with van der Waals surface area (Å²) in [5, 5.41) is -5.11. The molecule has 0 fully saturated rings. The average molecular weight is 448 g/mol. The molecule has 0 aromatic carbocycles. The van der Waals surface area contributed by atoms with Crippen LogP contribution < -0.4 is 0 Å². The van der Waals surface area contributed by atoms with Gasteiger partial charge in [0.1, 0.15) is 0 Å². The number of alkyl halides is 16. The van der Waals surface area contributed by atoms with Crippen molar-refractivity contribution in [1.82, 2.24) is 0 Å². The highest BCUT2D eigenvalue weighted by Crippen LogP contribution is 2.63. The average Bonchev–Trinajstić information content (AvgIpc) is 2.34. The van der Waals surface area contributed by atoms with Crippen LogP contribution in [0.5, 0.6) is 0 Å². The van der Waals surface area contributed by atoms with Gasteiger partial charge in [-0.05, 0) is 6.92 Å². The van der Waals surface area contributed by atoms with Crippen LogP contribution >= 0.6 is 12.6 Å². The van der Waals surface area contributed by atoms with Crippen LogP contribution in [0.1, 0.15) is 6.92 Å². The molecular formula is C9H4F16S. The Morgan fingerprint density at radius 1 is 0.385 bits per heavy atom. The minimum atomic E-state index is -8.43. The van der Waals surface area contributed by atoms with E-state index < -0.39 is 53.6 Å². The first-order valence-corrected chi connectivity index (χ1v) is 5.94. The molecule has 0 amide bonds. The summed E-state index contributed by atoms with van der Waals surface area (Å²) in [6, 6.07) is 0. The highest BCUT2D eigenvalue weighted by atomic mass is 32.1. The van der Waals surface area contributed by atoms with Crippen LogP contribution in [0.25, 0.3) is 0 Å². The molecule has 0 spiro atoms. The Balaban J connectivity index is 6.61. The molecule has 158 valence electrons. The quantitative estimate of drug-likeness (QED) is 0.376. The molecule has 1 atom stereocenters. The van der Waals surface area contributed by atoms with Crippen molar-refractivity contribution in [2.24, 2.45) is 0 Å². The Kier molecular flexibility index (Phi) is 5.69. The minimum absolute atomic E-state index is 0.722. The van der Waals surface area contributed by atoms with Crippen LogP contribution in [0.15, 0.2) is 0 Å². The van der Waals surface area contributed by atoms with Crippen LogP contribution in [-0.2, 0) is 0 Å². The van der Waals surface area contributed by atoms with E-state index >= 15 is 0 Å². The summed E-state index contributed by atoms with van der Waals surface area (Å²) < 4.78 is 203. The molecular weight excluding hydrogens is 444 g/mol. The predicted octanol–water partition coefficient (Wildman–Crippen LogP) is 5.98. The van der Waals surface area contributed by atoms with Crippen molar-refractivity contribution in [2.45, 2.75) is 53.6 Å².